The van der Waals surface area contributed by atoms with E-state index in [1.807, 2.05) is 48.5 Å². The van der Waals surface area contributed by atoms with Crippen LogP contribution in [0, 0.1) is 0 Å². The molecule has 0 saturated heterocycles. The highest BCUT2D eigenvalue weighted by Gasteiger charge is 2.23. The highest BCUT2D eigenvalue weighted by Crippen LogP contribution is 2.34. The lowest BCUT2D eigenvalue weighted by atomic mass is 9.92. The van der Waals surface area contributed by atoms with Gasteiger partial charge in [0.15, 0.2) is 6.10 Å². The molecule has 4 rings (SSSR count). The van der Waals surface area contributed by atoms with Gasteiger partial charge in [-0.25, -0.2) is 4.79 Å². The molecule has 30 heavy (non-hydrogen) atoms. The van der Waals surface area contributed by atoms with Crippen LogP contribution < -0.4 is 4.74 Å². The van der Waals surface area contributed by atoms with E-state index in [-0.39, 0.29) is 0 Å². The van der Waals surface area contributed by atoms with Crippen molar-refractivity contribution >= 4 is 5.97 Å². The number of aliphatic hydroxyl groups is 1. The molecule has 3 aromatic carbocycles. The van der Waals surface area contributed by atoms with E-state index in [0.29, 0.717) is 31.1 Å². The van der Waals surface area contributed by atoms with Gasteiger partial charge in [0.05, 0.1) is 20.3 Å². The summed E-state index contributed by atoms with van der Waals surface area (Å²) in [5, 5.41) is 10.5. The van der Waals surface area contributed by atoms with Gasteiger partial charge < -0.3 is 19.3 Å². The van der Waals surface area contributed by atoms with Gasteiger partial charge >= 0.3 is 5.97 Å². The van der Waals surface area contributed by atoms with Gasteiger partial charge in [-0.05, 0) is 51.9 Å². The highest BCUT2D eigenvalue weighted by atomic mass is 16.5. The van der Waals surface area contributed by atoms with Crippen molar-refractivity contribution in [3.63, 3.8) is 0 Å². The quantitative estimate of drug-likeness (QED) is 0.624. The number of fused-ring (bicyclic) bond motifs is 1. The number of rotatable bonds is 6. The van der Waals surface area contributed by atoms with Gasteiger partial charge in [0.2, 0.25) is 0 Å². The number of hydrogen-bond acceptors (Lipinski definition) is 5. The summed E-state index contributed by atoms with van der Waals surface area (Å²) < 4.78 is 16.2. The number of esters is 1. The van der Waals surface area contributed by atoms with Crippen LogP contribution in [0.3, 0.4) is 0 Å². The second kappa shape index (κ2) is 9.11. The smallest absolute Gasteiger partial charge is 0.339 e. The molecule has 0 spiro atoms. The van der Waals surface area contributed by atoms with Gasteiger partial charge in [0, 0.05) is 0 Å². The van der Waals surface area contributed by atoms with Crippen molar-refractivity contribution in [2.24, 2.45) is 0 Å². The van der Waals surface area contributed by atoms with Crippen LogP contribution >= 0.6 is 0 Å². The topological polar surface area (TPSA) is 65.0 Å². The molecule has 3 aromatic rings. The molecular weight excluding hydrogens is 380 g/mol. The van der Waals surface area contributed by atoms with Crippen molar-refractivity contribution in [2.45, 2.75) is 25.7 Å². The fraction of sp³-hybridized carbons (Fsp3) is 0.240. The molecule has 1 N–H and O–H groups in total. The number of ether oxygens (including phenoxy) is 3. The van der Waals surface area contributed by atoms with E-state index in [1.54, 1.807) is 12.1 Å². The van der Waals surface area contributed by atoms with Crippen molar-refractivity contribution in [3.8, 4) is 16.9 Å². The molecule has 1 heterocycles. The Morgan fingerprint density at radius 1 is 1.07 bits per heavy atom. The van der Waals surface area contributed by atoms with Crippen molar-refractivity contribution in [1.29, 1.82) is 0 Å². The molecule has 0 aliphatic carbocycles. The third-order valence-corrected chi connectivity index (χ3v) is 5.28. The molecule has 0 fully saturated rings. The van der Waals surface area contributed by atoms with Crippen LogP contribution in [0.4, 0.5) is 0 Å². The molecule has 1 atom stereocenters. The zero-order valence-electron chi connectivity index (χ0n) is 16.8. The molecule has 1 unspecified atom stereocenters. The van der Waals surface area contributed by atoms with Crippen molar-refractivity contribution in [3.05, 3.63) is 89.0 Å². The second-order valence-corrected chi connectivity index (χ2v) is 7.24. The van der Waals surface area contributed by atoms with Gasteiger partial charge in [-0.15, -0.1) is 0 Å². The van der Waals surface area contributed by atoms with Crippen LogP contribution in [-0.2, 0) is 33.9 Å². The average Bonchev–Trinajstić information content (AvgIpc) is 2.82. The molecule has 0 aromatic heterocycles. The normalized spacial score (nSPS) is 13.9. The highest BCUT2D eigenvalue weighted by molar-refractivity contribution is 5.81. The van der Waals surface area contributed by atoms with Crippen LogP contribution in [0.15, 0.2) is 66.7 Å². The monoisotopic (exact) mass is 404 g/mol. The summed E-state index contributed by atoms with van der Waals surface area (Å²) in [6.07, 6.45) is -0.532. The predicted octanol–water partition coefficient (Wildman–Crippen LogP) is 4.21. The van der Waals surface area contributed by atoms with E-state index in [0.717, 1.165) is 28.7 Å². The molecule has 5 nitrogen and oxygen atoms in total. The van der Waals surface area contributed by atoms with E-state index in [1.165, 1.54) is 12.7 Å². The third kappa shape index (κ3) is 4.37. The Bertz CT molecular complexity index is 1030. The maximum atomic E-state index is 12.0. The van der Waals surface area contributed by atoms with Crippen LogP contribution in [0.25, 0.3) is 11.1 Å². The summed E-state index contributed by atoms with van der Waals surface area (Å²) in [7, 11) is 1.27. The number of aliphatic hydroxyl groups excluding tert-OH is 1. The maximum Gasteiger partial charge on any atom is 0.339 e. The SMILES string of the molecule is COC(=O)C(O)c1ccc(OCc2ccccc2)cc1-c1ccc2c(c1)CCOC2. The van der Waals surface area contributed by atoms with E-state index >= 15 is 0 Å². The van der Waals surface area contributed by atoms with Crippen molar-refractivity contribution in [2.75, 3.05) is 13.7 Å². The summed E-state index contributed by atoms with van der Waals surface area (Å²) in [6, 6.07) is 21.4. The van der Waals surface area contributed by atoms with Gasteiger partial charge in [-0.1, -0.05) is 54.6 Å². The Balaban J connectivity index is 1.70. The fourth-order valence-corrected chi connectivity index (χ4v) is 3.62. The predicted molar refractivity (Wildman–Crippen MR) is 113 cm³/mol. The zero-order valence-corrected chi connectivity index (χ0v) is 16.8. The molecule has 0 saturated carbocycles. The Hall–Kier alpha value is -3.15. The minimum atomic E-state index is -1.37. The van der Waals surface area contributed by atoms with Crippen LogP contribution in [0.5, 0.6) is 5.75 Å². The average molecular weight is 404 g/mol. The Morgan fingerprint density at radius 2 is 1.90 bits per heavy atom. The van der Waals surface area contributed by atoms with E-state index in [9.17, 15) is 9.90 Å². The van der Waals surface area contributed by atoms with Crippen LogP contribution in [0.1, 0.15) is 28.4 Å². The number of carbonyl (C=O) groups is 1. The van der Waals surface area contributed by atoms with Gasteiger partial charge in [-0.2, -0.15) is 0 Å². The van der Waals surface area contributed by atoms with Gasteiger partial charge in [0.25, 0.3) is 0 Å². The molecule has 1 aliphatic heterocycles. The molecule has 5 heteroatoms. The maximum absolute atomic E-state index is 12.0. The number of methoxy groups -OCH3 is 1. The second-order valence-electron chi connectivity index (χ2n) is 7.24. The summed E-state index contributed by atoms with van der Waals surface area (Å²) in [6.45, 7) is 1.72. The van der Waals surface area contributed by atoms with E-state index < -0.39 is 12.1 Å². The first-order chi connectivity index (χ1) is 14.7. The minimum Gasteiger partial charge on any atom is -0.489 e. The van der Waals surface area contributed by atoms with Crippen molar-refractivity contribution in [1.82, 2.24) is 0 Å². The summed E-state index contributed by atoms with van der Waals surface area (Å²) in [5.41, 5.74) is 5.59. The number of carbonyl (C=O) groups excluding carboxylic acids is 1. The number of hydrogen-bond donors (Lipinski definition) is 1. The standard InChI is InChI=1S/C25H24O5/c1-28-25(27)24(26)22-10-9-21(30-15-17-5-3-2-4-6-17)14-23(22)19-7-8-20-16-29-12-11-18(20)13-19/h2-10,13-14,24,26H,11-12,15-16H2,1H3. The van der Waals surface area contributed by atoms with Gasteiger partial charge in [-0.3, -0.25) is 0 Å². The first kappa shape index (κ1) is 20.1. The molecular formula is C25H24O5. The molecule has 154 valence electrons. The molecule has 0 radical (unpaired) electrons. The zero-order chi connectivity index (χ0) is 20.9. The Kier molecular flexibility index (Phi) is 6.12. The summed E-state index contributed by atoms with van der Waals surface area (Å²) >= 11 is 0. The largest absolute Gasteiger partial charge is 0.489 e. The summed E-state index contributed by atoms with van der Waals surface area (Å²) in [4.78, 5) is 12.0. The van der Waals surface area contributed by atoms with Crippen molar-refractivity contribution < 1.29 is 24.1 Å². The molecule has 1 aliphatic rings. The van der Waals surface area contributed by atoms with Crippen LogP contribution in [0.2, 0.25) is 0 Å². The van der Waals surface area contributed by atoms with E-state index in [4.69, 9.17) is 14.2 Å². The lowest BCUT2D eigenvalue weighted by molar-refractivity contribution is -0.150. The van der Waals surface area contributed by atoms with Gasteiger partial charge in [0.1, 0.15) is 12.4 Å². The van der Waals surface area contributed by atoms with Crippen LogP contribution in [-0.4, -0.2) is 24.8 Å². The molecule has 0 bridgehead atoms. The first-order valence-electron chi connectivity index (χ1n) is 9.92. The Morgan fingerprint density at radius 3 is 2.70 bits per heavy atom. The Labute approximate surface area is 175 Å². The minimum absolute atomic E-state index is 0.431. The van der Waals surface area contributed by atoms with E-state index in [2.05, 4.69) is 6.07 Å². The lowest BCUT2D eigenvalue weighted by Gasteiger charge is -2.20. The lowest BCUT2D eigenvalue weighted by Crippen LogP contribution is -2.15. The first-order valence-corrected chi connectivity index (χ1v) is 9.92. The third-order valence-electron chi connectivity index (χ3n) is 5.28. The number of benzene rings is 3. The summed E-state index contributed by atoms with van der Waals surface area (Å²) in [5.74, 6) is -0.0312. The fourth-order valence-electron chi connectivity index (χ4n) is 3.62. The molecule has 0 amide bonds.